The van der Waals surface area contributed by atoms with Crippen LogP contribution >= 0.6 is 11.8 Å². The number of aromatic amines is 1. The van der Waals surface area contributed by atoms with Crippen LogP contribution in [0.1, 0.15) is 43.1 Å². The summed E-state index contributed by atoms with van der Waals surface area (Å²) in [5.74, 6) is 1.58. The second-order valence-electron chi connectivity index (χ2n) is 8.13. The Bertz CT molecular complexity index is 1260. The molecule has 7 nitrogen and oxygen atoms in total. The van der Waals surface area contributed by atoms with Gasteiger partial charge in [-0.05, 0) is 57.1 Å². The molecule has 1 fully saturated rings. The fourth-order valence-electron chi connectivity index (χ4n) is 4.14. The molecule has 5 rings (SSSR count). The average molecular weight is 447 g/mol. The van der Waals surface area contributed by atoms with Crippen LogP contribution in [0, 0.1) is 0 Å². The normalized spacial score (nSPS) is 15.8. The van der Waals surface area contributed by atoms with Gasteiger partial charge >= 0.3 is 0 Å². The number of likely N-dealkylation sites (tertiary alicyclic amines) is 1. The fraction of sp³-hybridized carbons (Fsp3) is 0.333. The largest absolute Gasteiger partial charge is 0.309 e. The molecular weight excluding hydrogens is 420 g/mol. The van der Waals surface area contributed by atoms with E-state index >= 15 is 0 Å². The van der Waals surface area contributed by atoms with Gasteiger partial charge in [-0.3, -0.25) is 14.3 Å². The Hall–Kier alpha value is -2.97. The van der Waals surface area contributed by atoms with E-state index in [-0.39, 0.29) is 10.8 Å². The van der Waals surface area contributed by atoms with Crippen molar-refractivity contribution < 1.29 is 0 Å². The number of fused-ring (bicyclic) bond motifs is 1. The summed E-state index contributed by atoms with van der Waals surface area (Å²) in [6, 6.07) is 17.6. The first-order valence-electron chi connectivity index (χ1n) is 11.1. The highest BCUT2D eigenvalue weighted by atomic mass is 32.2. The zero-order valence-corrected chi connectivity index (χ0v) is 18.9. The number of thioether (sulfide) groups is 1. The summed E-state index contributed by atoms with van der Waals surface area (Å²) in [5.41, 5.74) is 1.63. The number of nitrogens with one attached hydrogen (secondary N) is 1. The number of nitrogens with zero attached hydrogens (tertiary/aromatic N) is 5. The van der Waals surface area contributed by atoms with Crippen LogP contribution in [0.25, 0.3) is 16.6 Å². The zero-order chi connectivity index (χ0) is 21.9. The number of benzene rings is 2. The summed E-state index contributed by atoms with van der Waals surface area (Å²) >= 11 is 1.56. The van der Waals surface area contributed by atoms with Crippen LogP contribution in [0.3, 0.4) is 0 Å². The van der Waals surface area contributed by atoms with E-state index in [1.807, 2.05) is 43.3 Å². The van der Waals surface area contributed by atoms with Crippen molar-refractivity contribution in [2.24, 2.45) is 0 Å². The van der Waals surface area contributed by atoms with E-state index in [9.17, 15) is 4.79 Å². The van der Waals surface area contributed by atoms with E-state index in [0.717, 1.165) is 36.3 Å². The van der Waals surface area contributed by atoms with Crippen molar-refractivity contribution in [3.05, 3.63) is 76.6 Å². The van der Waals surface area contributed by atoms with Gasteiger partial charge in [-0.15, -0.1) is 10.2 Å². The summed E-state index contributed by atoms with van der Waals surface area (Å²) in [5, 5.41) is 10.4. The molecule has 1 saturated heterocycles. The molecular formula is C24H26N6OS. The lowest BCUT2D eigenvalue weighted by Crippen LogP contribution is -2.30. The highest BCUT2D eigenvalue weighted by Gasteiger charge is 2.21. The second-order valence-corrected chi connectivity index (χ2v) is 9.44. The van der Waals surface area contributed by atoms with Crippen LogP contribution in [0.5, 0.6) is 0 Å². The number of hydrogen-bond donors (Lipinski definition) is 1. The van der Waals surface area contributed by atoms with Gasteiger partial charge in [-0.25, -0.2) is 4.98 Å². The van der Waals surface area contributed by atoms with Gasteiger partial charge in [0.15, 0.2) is 11.0 Å². The van der Waals surface area contributed by atoms with Crippen molar-refractivity contribution in [3.63, 3.8) is 0 Å². The van der Waals surface area contributed by atoms with Crippen LogP contribution in [-0.4, -0.2) is 42.7 Å². The highest BCUT2D eigenvalue weighted by Crippen LogP contribution is 2.34. The molecule has 3 heterocycles. The molecule has 0 amide bonds. The standard InChI is InChI=1S/C24H26N6OS/c1-17(22-25-20-13-7-6-12-19(20)23(31)26-22)32-24-28-27-21(16-29-14-8-3-9-15-29)30(24)18-10-4-2-5-11-18/h2,4-7,10-13,17H,3,8-9,14-16H2,1H3,(H,25,26,31). The van der Waals surface area contributed by atoms with E-state index in [1.165, 1.54) is 19.3 Å². The second kappa shape index (κ2) is 9.26. The first kappa shape index (κ1) is 20.9. The van der Waals surface area contributed by atoms with Crippen LogP contribution in [0.2, 0.25) is 0 Å². The predicted molar refractivity (Wildman–Crippen MR) is 127 cm³/mol. The summed E-state index contributed by atoms with van der Waals surface area (Å²) in [7, 11) is 0. The van der Waals surface area contributed by atoms with E-state index in [1.54, 1.807) is 17.8 Å². The Morgan fingerprint density at radius 3 is 2.56 bits per heavy atom. The SMILES string of the molecule is CC(Sc1nnc(CN2CCCCC2)n1-c1ccccc1)c1nc2ccccc2c(=O)[nH]1. The molecule has 4 aromatic rings. The Morgan fingerprint density at radius 1 is 1.00 bits per heavy atom. The average Bonchev–Trinajstić information content (AvgIpc) is 3.22. The molecule has 1 atom stereocenters. The predicted octanol–water partition coefficient (Wildman–Crippen LogP) is 4.34. The van der Waals surface area contributed by atoms with Gasteiger partial charge in [0.1, 0.15) is 5.82 Å². The molecule has 0 bridgehead atoms. The van der Waals surface area contributed by atoms with E-state index in [2.05, 4.69) is 36.8 Å². The maximum atomic E-state index is 12.5. The monoisotopic (exact) mass is 446 g/mol. The molecule has 0 spiro atoms. The third-order valence-electron chi connectivity index (χ3n) is 5.83. The summed E-state index contributed by atoms with van der Waals surface area (Å²) in [6.45, 7) is 5.01. The number of H-pyrrole nitrogens is 1. The van der Waals surface area contributed by atoms with Crippen LogP contribution in [0.4, 0.5) is 0 Å². The zero-order valence-electron chi connectivity index (χ0n) is 18.1. The van der Waals surface area contributed by atoms with Gasteiger partial charge in [0, 0.05) is 5.69 Å². The lowest BCUT2D eigenvalue weighted by Gasteiger charge is -2.26. The molecule has 164 valence electrons. The first-order valence-corrected chi connectivity index (χ1v) is 11.9. The van der Waals surface area contributed by atoms with Gasteiger partial charge in [0.25, 0.3) is 5.56 Å². The van der Waals surface area contributed by atoms with Crippen molar-refractivity contribution in [2.45, 2.75) is 43.1 Å². The lowest BCUT2D eigenvalue weighted by atomic mass is 10.1. The quantitative estimate of drug-likeness (QED) is 0.444. The number of piperidine rings is 1. The fourth-order valence-corrected chi connectivity index (χ4v) is 5.09. The number of para-hydroxylation sites is 2. The molecule has 32 heavy (non-hydrogen) atoms. The smallest absolute Gasteiger partial charge is 0.258 e. The van der Waals surface area contributed by atoms with Crippen molar-refractivity contribution >= 4 is 22.7 Å². The molecule has 1 unspecified atom stereocenters. The lowest BCUT2D eigenvalue weighted by molar-refractivity contribution is 0.214. The summed E-state index contributed by atoms with van der Waals surface area (Å²) in [6.07, 6.45) is 3.77. The van der Waals surface area contributed by atoms with Gasteiger partial charge in [0.2, 0.25) is 0 Å². The molecule has 0 aliphatic carbocycles. The maximum absolute atomic E-state index is 12.5. The van der Waals surface area contributed by atoms with Gasteiger partial charge in [0.05, 0.1) is 22.7 Å². The maximum Gasteiger partial charge on any atom is 0.258 e. The highest BCUT2D eigenvalue weighted by molar-refractivity contribution is 7.99. The molecule has 8 heteroatoms. The van der Waals surface area contributed by atoms with Gasteiger partial charge in [-0.1, -0.05) is 48.5 Å². The minimum Gasteiger partial charge on any atom is -0.309 e. The Labute approximate surface area is 190 Å². The van der Waals surface area contributed by atoms with E-state index in [4.69, 9.17) is 4.98 Å². The van der Waals surface area contributed by atoms with Crippen molar-refractivity contribution in [2.75, 3.05) is 13.1 Å². The molecule has 1 aliphatic rings. The summed E-state index contributed by atoms with van der Waals surface area (Å²) < 4.78 is 2.13. The van der Waals surface area contributed by atoms with Crippen LogP contribution in [0.15, 0.2) is 64.5 Å². The molecule has 2 aromatic heterocycles. The molecule has 1 N–H and O–H groups in total. The van der Waals surface area contributed by atoms with Gasteiger partial charge in [-0.2, -0.15) is 0 Å². The van der Waals surface area contributed by atoms with Crippen LogP contribution in [-0.2, 0) is 6.54 Å². The molecule has 2 aromatic carbocycles. The summed E-state index contributed by atoms with van der Waals surface area (Å²) in [4.78, 5) is 22.6. The Kier molecular flexibility index (Phi) is 6.05. The minimum atomic E-state index is -0.117. The third-order valence-corrected chi connectivity index (χ3v) is 6.88. The topological polar surface area (TPSA) is 79.7 Å². The number of hydrogen-bond acceptors (Lipinski definition) is 6. The van der Waals surface area contributed by atoms with E-state index < -0.39 is 0 Å². The Balaban J connectivity index is 1.47. The van der Waals surface area contributed by atoms with Crippen molar-refractivity contribution in [3.8, 4) is 5.69 Å². The minimum absolute atomic E-state index is 0.0956. The number of aromatic nitrogens is 5. The van der Waals surface area contributed by atoms with Crippen molar-refractivity contribution in [1.82, 2.24) is 29.6 Å². The third kappa shape index (κ3) is 4.33. The molecule has 0 saturated carbocycles. The van der Waals surface area contributed by atoms with Crippen LogP contribution < -0.4 is 5.56 Å². The van der Waals surface area contributed by atoms with Crippen molar-refractivity contribution in [1.29, 1.82) is 0 Å². The van der Waals surface area contributed by atoms with E-state index in [0.29, 0.717) is 16.7 Å². The first-order chi connectivity index (χ1) is 15.7. The molecule has 1 aliphatic heterocycles. The molecule has 0 radical (unpaired) electrons. The Morgan fingerprint density at radius 2 is 1.75 bits per heavy atom. The number of rotatable bonds is 6. The van der Waals surface area contributed by atoms with Gasteiger partial charge < -0.3 is 4.98 Å².